The predicted molar refractivity (Wildman–Crippen MR) is 253 cm³/mol. The number of fused-ring (bicyclic) bond motifs is 3. The highest BCUT2D eigenvalue weighted by molar-refractivity contribution is 7.18. The van der Waals surface area contributed by atoms with Crippen LogP contribution in [0.15, 0.2) is 24.3 Å². The molecule has 0 unspecified atom stereocenters. The van der Waals surface area contributed by atoms with E-state index in [4.69, 9.17) is 13.1 Å². The largest absolute Gasteiger partial charge is 0.536 e. The molecule has 4 rings (SSSR count). The number of hydrogen-bond acceptors (Lipinski definition) is 4. The molecule has 4 nitrogen and oxygen atoms in total. The molecule has 58 heavy (non-hydrogen) atoms. The van der Waals surface area contributed by atoms with E-state index in [1.165, 1.54) is 198 Å². The molecule has 2 aromatic carbocycles. The van der Waals surface area contributed by atoms with Gasteiger partial charge in [-0.2, -0.15) is 20.2 Å². The van der Waals surface area contributed by atoms with Crippen LogP contribution in [-0.2, 0) is 12.8 Å². The monoisotopic (exact) mass is 815 g/mol. The summed E-state index contributed by atoms with van der Waals surface area (Å²) in [6.45, 7) is 19.9. The lowest BCUT2D eigenvalue weighted by atomic mass is 9.91. The number of hydrogen-bond donors (Lipinski definition) is 0. The van der Waals surface area contributed by atoms with Gasteiger partial charge >= 0.3 is 5.82 Å². The Morgan fingerprint density at radius 3 is 1.10 bits per heavy atom. The minimum atomic E-state index is 0.150. The third-order valence-corrected chi connectivity index (χ3v) is 14.5. The molecule has 0 atom stereocenters. The standard InChI is InChI=1S/C52H70N4S2/c1-5-7-9-11-13-15-17-19-21-23-25-27-29-31-33-44-47-36-42-38-49(52(55-3)56-4)58-51(42)45(46(47)35-41-37-48(57-50(41)44)43(39-53)40-54)34-32-30-28-26-24-22-20-18-16-14-12-10-8-6-2/h35-38H,5-34H2,1-2H3. The third kappa shape index (κ3) is 14.9. The fourth-order valence-electron chi connectivity index (χ4n) is 8.70. The van der Waals surface area contributed by atoms with Crippen LogP contribution in [0.3, 0.4) is 0 Å². The van der Waals surface area contributed by atoms with Gasteiger partial charge in [-0.1, -0.05) is 181 Å². The Morgan fingerprint density at radius 1 is 0.466 bits per heavy atom. The van der Waals surface area contributed by atoms with Gasteiger partial charge in [0.05, 0.1) is 4.53 Å². The molecule has 0 spiro atoms. The third-order valence-electron chi connectivity index (χ3n) is 12.1. The van der Waals surface area contributed by atoms with E-state index in [2.05, 4.69) is 59.9 Å². The number of unbranched alkanes of at least 4 members (excludes halogenated alkanes) is 26. The summed E-state index contributed by atoms with van der Waals surface area (Å²) in [6.07, 6.45) is 39.2. The number of nitriles is 2. The topological polar surface area (TPSA) is 56.3 Å². The van der Waals surface area contributed by atoms with Crippen molar-refractivity contribution in [2.75, 3.05) is 0 Å². The Bertz CT molecular complexity index is 1960. The van der Waals surface area contributed by atoms with Crippen molar-refractivity contribution in [3.05, 3.63) is 67.3 Å². The smallest absolute Gasteiger partial charge is 0.192 e. The first-order valence-corrected chi connectivity index (χ1v) is 25.0. The summed E-state index contributed by atoms with van der Waals surface area (Å²) in [4.78, 5) is 7.16. The molecule has 0 N–H and O–H groups in total. The van der Waals surface area contributed by atoms with Crippen LogP contribution >= 0.6 is 22.7 Å². The molecule has 2 heterocycles. The summed E-state index contributed by atoms with van der Waals surface area (Å²) < 4.78 is 3.90. The maximum absolute atomic E-state index is 9.77. The van der Waals surface area contributed by atoms with Crippen molar-refractivity contribution in [2.24, 2.45) is 0 Å². The number of aryl methyl sites for hydroxylation is 2. The van der Waals surface area contributed by atoms with Gasteiger partial charge in [0.15, 0.2) is 0 Å². The van der Waals surface area contributed by atoms with E-state index in [0.717, 1.165) is 45.5 Å². The Morgan fingerprint density at radius 2 is 0.776 bits per heavy atom. The maximum Gasteiger partial charge on any atom is 0.536 e. The highest BCUT2D eigenvalue weighted by Crippen LogP contribution is 2.39. The Labute approximate surface area is 359 Å². The fraction of sp³-hybridized carbons (Fsp3) is 0.615. The Balaban J connectivity index is 1.47. The van der Waals surface area contributed by atoms with Crippen molar-refractivity contribution in [3.8, 4) is 12.1 Å². The van der Waals surface area contributed by atoms with Crippen LogP contribution in [0.5, 0.6) is 0 Å². The quantitative estimate of drug-likeness (QED) is 0.0389. The van der Waals surface area contributed by atoms with E-state index in [-0.39, 0.29) is 11.4 Å². The van der Waals surface area contributed by atoms with E-state index < -0.39 is 0 Å². The second-order valence-electron chi connectivity index (χ2n) is 16.7. The van der Waals surface area contributed by atoms with E-state index in [9.17, 15) is 10.5 Å². The molecule has 0 aliphatic carbocycles. The molecule has 0 radical (unpaired) electrons. The van der Waals surface area contributed by atoms with Gasteiger partial charge in [0.25, 0.3) is 0 Å². The molecule has 0 aliphatic heterocycles. The SMILES string of the molecule is [C-]#[N+]C([N+]#[C-])=c1cc2cc3c(CCCCCCCCCCCCCCCC)c4sc(=C(C#N)C#N)cc4cc3c(CCCCCCCCCCCCCCCC)c2s1. The minimum absolute atomic E-state index is 0.150. The zero-order valence-electron chi connectivity index (χ0n) is 36.1. The van der Waals surface area contributed by atoms with Crippen LogP contribution < -0.4 is 9.06 Å². The fourth-order valence-corrected chi connectivity index (χ4v) is 11.0. The van der Waals surface area contributed by atoms with Crippen LogP contribution in [0.4, 0.5) is 0 Å². The first kappa shape index (κ1) is 47.0. The van der Waals surface area contributed by atoms with E-state index >= 15 is 0 Å². The summed E-state index contributed by atoms with van der Waals surface area (Å²) in [5.74, 6) is 0.150. The van der Waals surface area contributed by atoms with Crippen molar-refractivity contribution in [1.29, 1.82) is 10.5 Å². The molecule has 0 amide bonds. The second-order valence-corrected chi connectivity index (χ2v) is 18.8. The number of benzene rings is 2. The molecular weight excluding hydrogens is 745 g/mol. The zero-order valence-corrected chi connectivity index (χ0v) is 37.8. The summed E-state index contributed by atoms with van der Waals surface area (Å²) in [5.41, 5.74) is 2.84. The Hall–Kier alpha value is -3.68. The summed E-state index contributed by atoms with van der Waals surface area (Å²) >= 11 is 3.18. The van der Waals surface area contributed by atoms with Gasteiger partial charge < -0.3 is 0 Å². The van der Waals surface area contributed by atoms with E-state index in [0.29, 0.717) is 0 Å². The average Bonchev–Trinajstić information content (AvgIpc) is 3.86. The van der Waals surface area contributed by atoms with Crippen molar-refractivity contribution in [1.82, 2.24) is 0 Å². The van der Waals surface area contributed by atoms with Gasteiger partial charge in [-0.05, 0) is 82.6 Å². The normalized spacial score (nSPS) is 11.2. The molecule has 2 aromatic heterocycles. The van der Waals surface area contributed by atoms with Crippen molar-refractivity contribution in [3.63, 3.8) is 0 Å². The lowest BCUT2D eigenvalue weighted by Gasteiger charge is -2.14. The molecule has 0 bridgehead atoms. The van der Waals surface area contributed by atoms with Crippen LogP contribution in [0.25, 0.3) is 52.0 Å². The van der Waals surface area contributed by atoms with E-state index in [1.54, 1.807) is 22.7 Å². The van der Waals surface area contributed by atoms with E-state index in [1.807, 2.05) is 0 Å². The molecule has 310 valence electrons. The summed E-state index contributed by atoms with van der Waals surface area (Å²) in [6, 6.07) is 13.0. The maximum atomic E-state index is 9.77. The number of rotatable bonds is 30. The molecular formula is C52H70N4S2. The number of thiophene rings is 2. The molecule has 0 saturated carbocycles. The zero-order chi connectivity index (χ0) is 41.2. The summed E-state index contributed by atoms with van der Waals surface area (Å²) in [7, 11) is 0. The highest BCUT2D eigenvalue weighted by atomic mass is 32.1. The molecule has 0 saturated heterocycles. The molecule has 0 aliphatic rings. The summed E-state index contributed by atoms with van der Waals surface area (Å²) in [5, 5.41) is 24.3. The van der Waals surface area contributed by atoms with Gasteiger partial charge in [0.2, 0.25) is 0 Å². The van der Waals surface area contributed by atoms with Crippen LogP contribution in [0, 0.1) is 35.8 Å². The van der Waals surface area contributed by atoms with Crippen molar-refractivity contribution in [2.45, 2.75) is 206 Å². The second kappa shape index (κ2) is 27.9. The van der Waals surface area contributed by atoms with Gasteiger partial charge in [0, 0.05) is 9.40 Å². The van der Waals surface area contributed by atoms with Crippen LogP contribution in [-0.4, -0.2) is 0 Å². The van der Waals surface area contributed by atoms with Crippen molar-refractivity contribution < 1.29 is 0 Å². The Kier molecular flexibility index (Phi) is 22.6. The first-order chi connectivity index (χ1) is 28.6. The molecule has 4 aromatic rings. The number of nitrogens with zero attached hydrogens (tertiary/aromatic N) is 4. The molecule has 0 fully saturated rings. The highest BCUT2D eigenvalue weighted by Gasteiger charge is 2.19. The lowest BCUT2D eigenvalue weighted by molar-refractivity contribution is 0.535. The first-order valence-electron chi connectivity index (χ1n) is 23.3. The van der Waals surface area contributed by atoms with Gasteiger partial charge in [0.1, 0.15) is 35.4 Å². The van der Waals surface area contributed by atoms with Gasteiger partial charge in [-0.25, -0.2) is 0 Å². The van der Waals surface area contributed by atoms with Gasteiger partial charge in [-0.3, -0.25) is 0 Å². The average molecular weight is 815 g/mol. The van der Waals surface area contributed by atoms with Crippen LogP contribution in [0.2, 0.25) is 0 Å². The predicted octanol–water partition coefficient (Wildman–Crippen LogP) is 16.4. The van der Waals surface area contributed by atoms with Crippen LogP contribution in [0.1, 0.15) is 205 Å². The minimum Gasteiger partial charge on any atom is -0.192 e. The molecule has 6 heteroatoms. The van der Waals surface area contributed by atoms with Crippen molar-refractivity contribution >= 4 is 65.0 Å². The lowest BCUT2D eigenvalue weighted by Crippen LogP contribution is -1.94. The van der Waals surface area contributed by atoms with Gasteiger partial charge in [-0.15, -0.1) is 22.7 Å².